The van der Waals surface area contributed by atoms with E-state index in [-0.39, 0.29) is 41.6 Å². The van der Waals surface area contributed by atoms with E-state index in [1.165, 1.54) is 24.1 Å². The molecule has 142 valence electrons. The third kappa shape index (κ3) is 4.28. The van der Waals surface area contributed by atoms with Gasteiger partial charge in [0.25, 0.3) is 5.69 Å². The first-order valence-corrected chi connectivity index (χ1v) is 9.65. The van der Waals surface area contributed by atoms with E-state index in [1.54, 1.807) is 6.92 Å². The van der Waals surface area contributed by atoms with Crippen molar-refractivity contribution in [2.24, 2.45) is 0 Å². The summed E-state index contributed by atoms with van der Waals surface area (Å²) in [7, 11) is -1.93. The molecular weight excluding hydrogens is 366 g/mol. The highest BCUT2D eigenvalue weighted by molar-refractivity contribution is 7.91. The van der Waals surface area contributed by atoms with Gasteiger partial charge in [0.15, 0.2) is 9.84 Å². The molecule has 0 saturated carbocycles. The monoisotopic (exact) mass is 385 g/mol. The summed E-state index contributed by atoms with van der Waals surface area (Å²) in [6.07, 6.45) is 0.288. The fourth-order valence-corrected chi connectivity index (χ4v) is 4.52. The minimum Gasteiger partial charge on any atom is -0.494 e. The molecule has 0 aromatic heterocycles. The standard InChI is InChI=1S/C15H19N3O7S/c1-3-17(11-6-7-26(23,24)9-11)15(20)14(19)16-12-5-4-10(18(21)22)8-13(12)25-2/h4-5,8,11H,3,6-7,9H2,1-2H3,(H,16,19). The van der Waals surface area contributed by atoms with Crippen molar-refractivity contribution in [1.29, 1.82) is 0 Å². The average molecular weight is 385 g/mol. The molecule has 1 aromatic carbocycles. The molecule has 2 amide bonds. The van der Waals surface area contributed by atoms with Crippen molar-refractivity contribution in [1.82, 2.24) is 4.90 Å². The van der Waals surface area contributed by atoms with Gasteiger partial charge in [0, 0.05) is 18.7 Å². The van der Waals surface area contributed by atoms with Gasteiger partial charge in [-0.25, -0.2) is 8.42 Å². The molecule has 0 bridgehead atoms. The van der Waals surface area contributed by atoms with Crippen molar-refractivity contribution in [3.05, 3.63) is 28.3 Å². The van der Waals surface area contributed by atoms with Crippen LogP contribution in [0, 0.1) is 10.1 Å². The Morgan fingerprint density at radius 1 is 1.42 bits per heavy atom. The second kappa shape index (κ2) is 7.68. The first kappa shape index (κ1) is 19.6. The predicted octanol–water partition coefficient (Wildman–Crippen LogP) is 0.577. The summed E-state index contributed by atoms with van der Waals surface area (Å²) in [4.78, 5) is 36.1. The number of methoxy groups -OCH3 is 1. The van der Waals surface area contributed by atoms with Crippen LogP contribution in [0.4, 0.5) is 11.4 Å². The molecule has 11 heteroatoms. The maximum Gasteiger partial charge on any atom is 0.314 e. The number of nitro groups is 1. The highest BCUT2D eigenvalue weighted by Gasteiger charge is 2.36. The number of nitrogens with zero attached hydrogens (tertiary/aromatic N) is 2. The molecule has 10 nitrogen and oxygen atoms in total. The summed E-state index contributed by atoms with van der Waals surface area (Å²) in [5.74, 6) is -1.98. The van der Waals surface area contributed by atoms with Crippen molar-refractivity contribution in [2.75, 3.05) is 30.5 Å². The molecule has 2 rings (SSSR count). The van der Waals surface area contributed by atoms with Gasteiger partial charge in [0.05, 0.1) is 35.3 Å². The number of anilines is 1. The second-order valence-electron chi connectivity index (χ2n) is 5.74. The SMILES string of the molecule is CCN(C(=O)C(=O)Nc1ccc([N+](=O)[O-])cc1OC)C1CCS(=O)(=O)C1. The highest BCUT2D eigenvalue weighted by Crippen LogP contribution is 2.29. The quantitative estimate of drug-likeness (QED) is 0.445. The van der Waals surface area contributed by atoms with E-state index < -0.39 is 32.6 Å². The molecule has 1 N–H and O–H groups in total. The van der Waals surface area contributed by atoms with Gasteiger partial charge in [0.2, 0.25) is 0 Å². The van der Waals surface area contributed by atoms with Crippen LogP contribution in [-0.2, 0) is 19.4 Å². The second-order valence-corrected chi connectivity index (χ2v) is 7.97. The lowest BCUT2D eigenvalue weighted by molar-refractivity contribution is -0.384. The summed E-state index contributed by atoms with van der Waals surface area (Å²) < 4.78 is 28.2. The average Bonchev–Trinajstić information content (AvgIpc) is 2.95. The summed E-state index contributed by atoms with van der Waals surface area (Å²) in [5, 5.41) is 13.2. The summed E-state index contributed by atoms with van der Waals surface area (Å²) in [6.45, 7) is 1.84. The highest BCUT2D eigenvalue weighted by atomic mass is 32.2. The van der Waals surface area contributed by atoms with E-state index in [9.17, 15) is 28.1 Å². The molecule has 1 fully saturated rings. The zero-order valence-corrected chi connectivity index (χ0v) is 15.1. The molecule has 1 aliphatic rings. The van der Waals surface area contributed by atoms with Crippen molar-refractivity contribution < 1.29 is 27.7 Å². The fraction of sp³-hybridized carbons (Fsp3) is 0.467. The Balaban J connectivity index is 2.15. The zero-order valence-electron chi connectivity index (χ0n) is 14.3. The van der Waals surface area contributed by atoms with Gasteiger partial charge in [-0.05, 0) is 19.4 Å². The Morgan fingerprint density at radius 3 is 2.62 bits per heavy atom. The first-order valence-electron chi connectivity index (χ1n) is 7.83. The lowest BCUT2D eigenvalue weighted by Crippen LogP contribution is -2.46. The van der Waals surface area contributed by atoms with Crippen LogP contribution in [0.1, 0.15) is 13.3 Å². The minimum atomic E-state index is -3.20. The van der Waals surface area contributed by atoms with Crippen LogP contribution in [0.15, 0.2) is 18.2 Å². The van der Waals surface area contributed by atoms with Gasteiger partial charge in [-0.2, -0.15) is 0 Å². The van der Waals surface area contributed by atoms with Crippen molar-refractivity contribution in [3.8, 4) is 5.75 Å². The van der Waals surface area contributed by atoms with Crippen LogP contribution >= 0.6 is 0 Å². The van der Waals surface area contributed by atoms with E-state index >= 15 is 0 Å². The molecule has 1 aromatic rings. The fourth-order valence-electron chi connectivity index (χ4n) is 2.79. The van der Waals surface area contributed by atoms with E-state index in [0.717, 1.165) is 6.07 Å². The van der Waals surface area contributed by atoms with Gasteiger partial charge in [-0.15, -0.1) is 0 Å². The number of ether oxygens (including phenoxy) is 1. The molecule has 0 radical (unpaired) electrons. The topological polar surface area (TPSA) is 136 Å². The number of rotatable bonds is 5. The van der Waals surface area contributed by atoms with Crippen LogP contribution in [0.2, 0.25) is 0 Å². The number of non-ortho nitro benzene ring substituents is 1. The molecule has 1 unspecified atom stereocenters. The number of hydrogen-bond donors (Lipinski definition) is 1. The molecule has 1 heterocycles. The third-order valence-electron chi connectivity index (χ3n) is 4.09. The van der Waals surface area contributed by atoms with Gasteiger partial charge in [-0.3, -0.25) is 19.7 Å². The number of amides is 2. The first-order chi connectivity index (χ1) is 12.2. The molecule has 0 aliphatic carbocycles. The van der Waals surface area contributed by atoms with E-state index in [2.05, 4.69) is 5.32 Å². The van der Waals surface area contributed by atoms with Gasteiger partial charge >= 0.3 is 11.8 Å². The Labute approximate surface area is 150 Å². The van der Waals surface area contributed by atoms with E-state index in [4.69, 9.17) is 4.74 Å². The normalized spacial score (nSPS) is 18.2. The van der Waals surface area contributed by atoms with Crippen LogP contribution in [0.5, 0.6) is 5.75 Å². The Kier molecular flexibility index (Phi) is 5.80. The number of hydrogen-bond acceptors (Lipinski definition) is 7. The maximum atomic E-state index is 12.4. The van der Waals surface area contributed by atoms with Crippen LogP contribution in [0.3, 0.4) is 0 Å². The molecule has 0 spiro atoms. The number of carbonyl (C=O) groups is 2. The van der Waals surface area contributed by atoms with Crippen LogP contribution in [-0.4, -0.2) is 61.3 Å². The number of carbonyl (C=O) groups excluding carboxylic acids is 2. The van der Waals surface area contributed by atoms with Gasteiger partial charge in [0.1, 0.15) is 5.75 Å². The molecule has 1 aliphatic heterocycles. The number of likely N-dealkylation sites (N-methyl/N-ethyl adjacent to an activating group) is 1. The lowest BCUT2D eigenvalue weighted by Gasteiger charge is -2.26. The van der Waals surface area contributed by atoms with Gasteiger partial charge < -0.3 is 15.0 Å². The van der Waals surface area contributed by atoms with Crippen molar-refractivity contribution in [3.63, 3.8) is 0 Å². The third-order valence-corrected chi connectivity index (χ3v) is 5.84. The van der Waals surface area contributed by atoms with Crippen molar-refractivity contribution in [2.45, 2.75) is 19.4 Å². The minimum absolute atomic E-state index is 0.0146. The Hall–Kier alpha value is -2.69. The summed E-state index contributed by atoms with van der Waals surface area (Å²) in [5.41, 5.74) is -0.121. The Morgan fingerprint density at radius 2 is 2.12 bits per heavy atom. The molecule has 1 saturated heterocycles. The van der Waals surface area contributed by atoms with Gasteiger partial charge in [-0.1, -0.05) is 0 Å². The smallest absolute Gasteiger partial charge is 0.314 e. The predicted molar refractivity (Wildman–Crippen MR) is 92.7 cm³/mol. The van der Waals surface area contributed by atoms with Crippen LogP contribution < -0.4 is 10.1 Å². The maximum absolute atomic E-state index is 12.4. The van der Waals surface area contributed by atoms with Crippen molar-refractivity contribution >= 4 is 33.0 Å². The number of benzene rings is 1. The largest absolute Gasteiger partial charge is 0.494 e. The number of sulfone groups is 1. The van der Waals surface area contributed by atoms with Crippen LogP contribution in [0.25, 0.3) is 0 Å². The molecular formula is C15H19N3O7S. The summed E-state index contributed by atoms with van der Waals surface area (Å²) in [6, 6.07) is 3.02. The van der Waals surface area contributed by atoms with E-state index in [0.29, 0.717) is 0 Å². The Bertz CT molecular complexity index is 838. The summed E-state index contributed by atoms with van der Waals surface area (Å²) >= 11 is 0. The number of nitrogens with one attached hydrogen (secondary N) is 1. The molecule has 26 heavy (non-hydrogen) atoms. The lowest BCUT2D eigenvalue weighted by atomic mass is 10.2. The zero-order chi connectivity index (χ0) is 19.5. The number of nitro benzene ring substituents is 1. The van der Waals surface area contributed by atoms with E-state index in [1.807, 2.05) is 0 Å². The molecule has 1 atom stereocenters.